The van der Waals surface area contributed by atoms with E-state index in [0.717, 1.165) is 54.1 Å². The molecule has 4 aromatic rings. The summed E-state index contributed by atoms with van der Waals surface area (Å²) in [6.07, 6.45) is 4.18. The second kappa shape index (κ2) is 8.56. The van der Waals surface area contributed by atoms with Crippen LogP contribution in [0.15, 0.2) is 54.7 Å². The molecule has 2 aromatic heterocycles. The molecule has 0 spiro atoms. The van der Waals surface area contributed by atoms with Crippen LogP contribution in [0.2, 0.25) is 0 Å². The van der Waals surface area contributed by atoms with Crippen LogP contribution in [0.5, 0.6) is 0 Å². The van der Waals surface area contributed by atoms with Gasteiger partial charge in [-0.25, -0.2) is 9.67 Å². The SMILES string of the molecule is CC(=O)Nc1nc2c(C3CCN(Cc4cn(-c5ccccc5)nn4)CC3)cccc2s1. The number of nitrogens with one attached hydrogen (secondary N) is 1. The number of amides is 1. The topological polar surface area (TPSA) is 75.9 Å². The molecule has 158 valence electrons. The number of hydrogen-bond donors (Lipinski definition) is 1. The smallest absolute Gasteiger partial charge is 0.223 e. The molecule has 0 saturated carbocycles. The number of hydrogen-bond acceptors (Lipinski definition) is 6. The maximum Gasteiger partial charge on any atom is 0.223 e. The highest BCUT2D eigenvalue weighted by atomic mass is 32.1. The van der Waals surface area contributed by atoms with Gasteiger partial charge in [0.05, 0.1) is 27.8 Å². The lowest BCUT2D eigenvalue weighted by molar-refractivity contribution is -0.114. The van der Waals surface area contributed by atoms with Crippen molar-refractivity contribution in [1.29, 1.82) is 0 Å². The van der Waals surface area contributed by atoms with Crippen LogP contribution in [-0.4, -0.2) is 43.9 Å². The molecule has 1 N–H and O–H groups in total. The molecule has 5 rings (SSSR count). The molecule has 1 aliphatic rings. The molecule has 1 fully saturated rings. The zero-order chi connectivity index (χ0) is 21.2. The monoisotopic (exact) mass is 432 g/mol. The fraction of sp³-hybridized carbons (Fsp3) is 0.304. The molecular formula is C23H24N6OS. The molecule has 2 aromatic carbocycles. The second-order valence-corrected chi connectivity index (χ2v) is 8.97. The first kappa shape index (κ1) is 19.8. The molecule has 1 saturated heterocycles. The van der Waals surface area contributed by atoms with Gasteiger partial charge in [0.1, 0.15) is 0 Å². The Hall–Kier alpha value is -3.10. The van der Waals surface area contributed by atoms with Gasteiger partial charge < -0.3 is 5.32 Å². The molecule has 0 atom stereocenters. The van der Waals surface area contributed by atoms with Crippen molar-refractivity contribution in [3.05, 3.63) is 66.0 Å². The highest BCUT2D eigenvalue weighted by Gasteiger charge is 2.24. The average Bonchev–Trinajstić information content (AvgIpc) is 3.41. The average molecular weight is 433 g/mol. The quantitative estimate of drug-likeness (QED) is 0.511. The summed E-state index contributed by atoms with van der Waals surface area (Å²) >= 11 is 1.54. The van der Waals surface area contributed by atoms with E-state index < -0.39 is 0 Å². The molecule has 0 radical (unpaired) electrons. The Morgan fingerprint density at radius 1 is 1.13 bits per heavy atom. The van der Waals surface area contributed by atoms with E-state index in [9.17, 15) is 4.79 Å². The van der Waals surface area contributed by atoms with Gasteiger partial charge in [-0.1, -0.05) is 46.9 Å². The van der Waals surface area contributed by atoms with Crippen molar-refractivity contribution in [3.8, 4) is 5.69 Å². The Balaban J connectivity index is 1.24. The lowest BCUT2D eigenvalue weighted by Gasteiger charge is -2.31. The second-order valence-electron chi connectivity index (χ2n) is 7.93. The highest BCUT2D eigenvalue weighted by molar-refractivity contribution is 7.22. The van der Waals surface area contributed by atoms with Crippen LogP contribution in [0.25, 0.3) is 15.9 Å². The van der Waals surface area contributed by atoms with Crippen molar-refractivity contribution < 1.29 is 4.79 Å². The van der Waals surface area contributed by atoms with Crippen molar-refractivity contribution in [2.45, 2.75) is 32.2 Å². The third-order valence-electron chi connectivity index (χ3n) is 5.71. The van der Waals surface area contributed by atoms with Crippen LogP contribution in [0, 0.1) is 0 Å². The Morgan fingerprint density at radius 3 is 2.71 bits per heavy atom. The maximum atomic E-state index is 11.4. The van der Waals surface area contributed by atoms with Crippen LogP contribution in [-0.2, 0) is 11.3 Å². The number of rotatable bonds is 5. The number of piperidine rings is 1. The number of para-hydroxylation sites is 2. The van der Waals surface area contributed by atoms with Crippen molar-refractivity contribution in [2.24, 2.45) is 0 Å². The van der Waals surface area contributed by atoms with Crippen molar-refractivity contribution >= 4 is 32.6 Å². The van der Waals surface area contributed by atoms with Crippen LogP contribution >= 0.6 is 11.3 Å². The van der Waals surface area contributed by atoms with Gasteiger partial charge >= 0.3 is 0 Å². The summed E-state index contributed by atoms with van der Waals surface area (Å²) < 4.78 is 2.96. The third kappa shape index (κ3) is 4.35. The molecule has 8 heteroatoms. The minimum Gasteiger partial charge on any atom is -0.302 e. The van der Waals surface area contributed by atoms with Crippen LogP contribution in [0.4, 0.5) is 5.13 Å². The standard InChI is InChI=1S/C23H24N6OS/c1-16(30)24-23-25-22-20(8-5-9-21(22)31-23)17-10-12-28(13-11-17)14-18-15-29(27-26-18)19-6-3-2-4-7-19/h2-9,15,17H,10-14H2,1H3,(H,24,25,30). The predicted molar refractivity (Wildman–Crippen MR) is 123 cm³/mol. The number of aromatic nitrogens is 4. The zero-order valence-electron chi connectivity index (χ0n) is 17.4. The molecule has 0 unspecified atom stereocenters. The van der Waals surface area contributed by atoms with Gasteiger partial charge in [0.15, 0.2) is 5.13 Å². The maximum absolute atomic E-state index is 11.4. The Kier molecular flexibility index (Phi) is 5.48. The van der Waals surface area contributed by atoms with E-state index in [1.54, 1.807) is 0 Å². The van der Waals surface area contributed by atoms with Crippen LogP contribution < -0.4 is 5.32 Å². The molecule has 0 aliphatic carbocycles. The summed E-state index contributed by atoms with van der Waals surface area (Å²) in [5.41, 5.74) is 4.33. The molecule has 1 amide bonds. The van der Waals surface area contributed by atoms with E-state index in [2.05, 4.69) is 38.7 Å². The third-order valence-corrected chi connectivity index (χ3v) is 6.64. The number of nitrogens with zero attached hydrogens (tertiary/aromatic N) is 5. The van der Waals surface area contributed by atoms with E-state index in [4.69, 9.17) is 4.98 Å². The van der Waals surface area contributed by atoms with Gasteiger partial charge in [-0.2, -0.15) is 0 Å². The predicted octanol–water partition coefficient (Wildman–Crippen LogP) is 4.22. The van der Waals surface area contributed by atoms with Crippen LogP contribution in [0.3, 0.4) is 0 Å². The first-order valence-corrected chi connectivity index (χ1v) is 11.3. The highest BCUT2D eigenvalue weighted by Crippen LogP contribution is 2.36. The summed E-state index contributed by atoms with van der Waals surface area (Å²) in [5, 5.41) is 12.1. The first-order valence-electron chi connectivity index (χ1n) is 10.5. The van der Waals surface area contributed by atoms with Gasteiger partial charge in [0.2, 0.25) is 5.91 Å². The molecular weight excluding hydrogens is 408 g/mol. The Morgan fingerprint density at radius 2 is 1.94 bits per heavy atom. The lowest BCUT2D eigenvalue weighted by atomic mass is 9.89. The van der Waals surface area contributed by atoms with Gasteiger partial charge in [-0.3, -0.25) is 9.69 Å². The minimum atomic E-state index is -0.0851. The first-order chi connectivity index (χ1) is 15.2. The summed E-state index contributed by atoms with van der Waals surface area (Å²) in [5.74, 6) is 0.394. The fourth-order valence-electron chi connectivity index (χ4n) is 4.21. The van der Waals surface area contributed by atoms with Gasteiger partial charge in [-0.05, 0) is 55.6 Å². The van der Waals surface area contributed by atoms with Crippen molar-refractivity contribution in [2.75, 3.05) is 18.4 Å². The summed E-state index contributed by atoms with van der Waals surface area (Å²) in [7, 11) is 0. The van der Waals surface area contributed by atoms with Crippen LogP contribution in [0.1, 0.15) is 36.9 Å². The molecule has 0 bridgehead atoms. The molecule has 1 aliphatic heterocycles. The van der Waals surface area contributed by atoms with E-state index in [1.807, 2.05) is 41.2 Å². The number of thiazole rings is 1. The Labute approximate surface area is 184 Å². The zero-order valence-corrected chi connectivity index (χ0v) is 18.2. The Bertz CT molecular complexity index is 1190. The lowest BCUT2D eigenvalue weighted by Crippen LogP contribution is -2.32. The number of fused-ring (bicyclic) bond motifs is 1. The molecule has 7 nitrogen and oxygen atoms in total. The van der Waals surface area contributed by atoms with Crippen molar-refractivity contribution in [3.63, 3.8) is 0 Å². The summed E-state index contributed by atoms with van der Waals surface area (Å²) in [6.45, 7) is 4.36. The number of anilines is 1. The van der Waals surface area contributed by atoms with E-state index in [1.165, 1.54) is 23.8 Å². The number of carbonyl (C=O) groups excluding carboxylic acids is 1. The number of likely N-dealkylation sites (tertiary alicyclic amines) is 1. The largest absolute Gasteiger partial charge is 0.302 e. The van der Waals surface area contributed by atoms with Gasteiger partial charge in [0, 0.05) is 13.5 Å². The van der Waals surface area contributed by atoms with E-state index in [-0.39, 0.29) is 5.91 Å². The van der Waals surface area contributed by atoms with Crippen molar-refractivity contribution in [1.82, 2.24) is 24.9 Å². The van der Waals surface area contributed by atoms with Gasteiger partial charge in [0.25, 0.3) is 0 Å². The normalized spacial score (nSPS) is 15.4. The number of carbonyl (C=O) groups is 1. The minimum absolute atomic E-state index is 0.0851. The number of benzene rings is 2. The van der Waals surface area contributed by atoms with Gasteiger partial charge in [-0.15, -0.1) is 5.10 Å². The van der Waals surface area contributed by atoms with E-state index in [0.29, 0.717) is 11.0 Å². The molecule has 31 heavy (non-hydrogen) atoms. The molecule has 3 heterocycles. The summed E-state index contributed by atoms with van der Waals surface area (Å²) in [4.78, 5) is 18.5. The van der Waals surface area contributed by atoms with E-state index >= 15 is 0 Å². The summed E-state index contributed by atoms with van der Waals surface area (Å²) in [6, 6.07) is 16.4. The fourth-order valence-corrected chi connectivity index (χ4v) is 5.16.